The molecule has 0 aliphatic carbocycles. The number of carbonyl (C=O) groups is 4. The molecule has 0 bridgehead atoms. The van der Waals surface area contributed by atoms with Crippen molar-refractivity contribution in [1.29, 1.82) is 0 Å². The molecule has 31 heavy (non-hydrogen) atoms. The standard InChI is InChI=1S/C21H19NO8S/c1-29-20(25)13-7-9-14(10-8-13)30-21(26)17(11-12-31(2,27)28)22-18(23)15-5-3-4-6-16(15)19(22)24/h3-10,17H,11-12H2,1-2H3. The van der Waals surface area contributed by atoms with Gasteiger partial charge in [0.2, 0.25) is 0 Å². The van der Waals surface area contributed by atoms with E-state index in [4.69, 9.17) is 4.74 Å². The number of amides is 2. The third-order valence-corrected chi connectivity index (χ3v) is 5.64. The smallest absolute Gasteiger partial charge is 0.337 e. The fraction of sp³-hybridized carbons (Fsp3) is 0.238. The number of carbonyl (C=O) groups excluding carboxylic acids is 4. The Morgan fingerprint density at radius 3 is 2.00 bits per heavy atom. The molecule has 0 spiro atoms. The molecule has 0 N–H and O–H groups in total. The van der Waals surface area contributed by atoms with E-state index in [1.165, 1.54) is 43.5 Å². The highest BCUT2D eigenvalue weighted by Crippen LogP contribution is 2.27. The lowest BCUT2D eigenvalue weighted by Gasteiger charge is -2.24. The van der Waals surface area contributed by atoms with Gasteiger partial charge in [-0.25, -0.2) is 18.0 Å². The zero-order valence-electron chi connectivity index (χ0n) is 16.7. The van der Waals surface area contributed by atoms with E-state index in [0.717, 1.165) is 11.2 Å². The van der Waals surface area contributed by atoms with Gasteiger partial charge in [0.1, 0.15) is 21.6 Å². The fourth-order valence-electron chi connectivity index (χ4n) is 3.13. The minimum Gasteiger partial charge on any atom is -0.465 e. The molecule has 2 amide bonds. The highest BCUT2D eigenvalue weighted by atomic mass is 32.2. The molecule has 0 fully saturated rings. The van der Waals surface area contributed by atoms with Crippen molar-refractivity contribution >= 4 is 33.6 Å². The maximum Gasteiger partial charge on any atom is 0.337 e. The molecular weight excluding hydrogens is 426 g/mol. The van der Waals surface area contributed by atoms with E-state index < -0.39 is 45.4 Å². The van der Waals surface area contributed by atoms with Gasteiger partial charge in [-0.3, -0.25) is 14.5 Å². The summed E-state index contributed by atoms with van der Waals surface area (Å²) >= 11 is 0. The Kier molecular flexibility index (Phi) is 6.21. The Hall–Kier alpha value is -3.53. The van der Waals surface area contributed by atoms with Crippen LogP contribution in [-0.4, -0.2) is 62.2 Å². The highest BCUT2D eigenvalue weighted by Gasteiger charge is 2.43. The Labute approximate surface area is 178 Å². The molecule has 0 aromatic heterocycles. The first kappa shape index (κ1) is 22.2. The van der Waals surface area contributed by atoms with Crippen molar-refractivity contribution in [2.24, 2.45) is 0 Å². The number of rotatable bonds is 7. The van der Waals surface area contributed by atoms with Crippen LogP contribution in [0.5, 0.6) is 5.75 Å². The molecule has 2 aromatic rings. The van der Waals surface area contributed by atoms with Gasteiger partial charge in [0.25, 0.3) is 11.8 Å². The Bertz CT molecular complexity index is 1120. The number of benzene rings is 2. The second-order valence-electron chi connectivity index (χ2n) is 6.90. The molecule has 0 saturated heterocycles. The van der Waals surface area contributed by atoms with Gasteiger partial charge in [-0.2, -0.15) is 0 Å². The summed E-state index contributed by atoms with van der Waals surface area (Å²) in [6.07, 6.45) is 0.673. The number of esters is 2. The van der Waals surface area contributed by atoms with Crippen molar-refractivity contribution in [2.75, 3.05) is 19.1 Å². The molecule has 10 heteroatoms. The van der Waals surface area contributed by atoms with E-state index in [1.807, 2.05) is 0 Å². The van der Waals surface area contributed by atoms with Crippen LogP contribution in [0, 0.1) is 0 Å². The van der Waals surface area contributed by atoms with Gasteiger partial charge in [0, 0.05) is 6.26 Å². The molecular formula is C21H19NO8S. The number of nitrogens with zero attached hydrogens (tertiary/aromatic N) is 1. The first-order valence-electron chi connectivity index (χ1n) is 9.17. The van der Waals surface area contributed by atoms with Crippen LogP contribution in [0.1, 0.15) is 37.5 Å². The summed E-state index contributed by atoms with van der Waals surface area (Å²) in [6, 6.07) is 10.1. The van der Waals surface area contributed by atoms with E-state index in [0.29, 0.717) is 0 Å². The van der Waals surface area contributed by atoms with Gasteiger partial charge >= 0.3 is 11.9 Å². The van der Waals surface area contributed by atoms with E-state index in [-0.39, 0.29) is 28.9 Å². The predicted octanol–water partition coefficient (Wildman–Crippen LogP) is 1.48. The van der Waals surface area contributed by atoms with Gasteiger partial charge in [-0.1, -0.05) is 12.1 Å². The van der Waals surface area contributed by atoms with Gasteiger partial charge in [-0.05, 0) is 42.8 Å². The summed E-state index contributed by atoms with van der Waals surface area (Å²) in [4.78, 5) is 50.7. The topological polar surface area (TPSA) is 124 Å². The first-order valence-corrected chi connectivity index (χ1v) is 11.2. The van der Waals surface area contributed by atoms with Gasteiger partial charge in [0.05, 0.1) is 29.6 Å². The molecule has 9 nitrogen and oxygen atoms in total. The molecule has 0 saturated carbocycles. The quantitative estimate of drug-likeness (QED) is 0.357. The minimum atomic E-state index is -3.48. The van der Waals surface area contributed by atoms with Crippen LogP contribution in [-0.2, 0) is 19.4 Å². The molecule has 3 rings (SSSR count). The van der Waals surface area contributed by atoms with Crippen molar-refractivity contribution < 1.29 is 37.1 Å². The van der Waals surface area contributed by atoms with Crippen molar-refractivity contribution in [2.45, 2.75) is 12.5 Å². The number of imide groups is 1. The Balaban J connectivity index is 1.87. The van der Waals surface area contributed by atoms with E-state index in [2.05, 4.69) is 4.74 Å². The molecule has 162 valence electrons. The minimum absolute atomic E-state index is 0.0543. The average Bonchev–Trinajstić information content (AvgIpc) is 2.98. The maximum absolute atomic E-state index is 12.9. The number of hydrogen-bond donors (Lipinski definition) is 0. The van der Waals surface area contributed by atoms with Crippen LogP contribution < -0.4 is 4.74 Å². The van der Waals surface area contributed by atoms with Crippen molar-refractivity contribution in [3.8, 4) is 5.75 Å². The van der Waals surface area contributed by atoms with E-state index in [9.17, 15) is 27.6 Å². The third-order valence-electron chi connectivity index (χ3n) is 4.67. The zero-order valence-corrected chi connectivity index (χ0v) is 17.5. The van der Waals surface area contributed by atoms with Crippen LogP contribution in [0.15, 0.2) is 48.5 Å². The van der Waals surface area contributed by atoms with Gasteiger partial charge in [-0.15, -0.1) is 0 Å². The number of ether oxygens (including phenoxy) is 2. The summed E-state index contributed by atoms with van der Waals surface area (Å²) in [5.74, 6) is -3.31. The van der Waals surface area contributed by atoms with Gasteiger partial charge < -0.3 is 9.47 Å². The molecule has 2 aromatic carbocycles. The average molecular weight is 445 g/mol. The molecule has 1 heterocycles. The highest BCUT2D eigenvalue weighted by molar-refractivity contribution is 7.90. The van der Waals surface area contributed by atoms with Crippen molar-refractivity contribution in [1.82, 2.24) is 4.90 Å². The summed E-state index contributed by atoms with van der Waals surface area (Å²) in [7, 11) is -2.26. The summed E-state index contributed by atoms with van der Waals surface area (Å²) in [6.45, 7) is 0. The van der Waals surface area contributed by atoms with Crippen molar-refractivity contribution in [3.63, 3.8) is 0 Å². The SMILES string of the molecule is COC(=O)c1ccc(OC(=O)C(CCS(C)(=O)=O)N2C(=O)c3ccccc3C2=O)cc1. The Morgan fingerprint density at radius 1 is 0.968 bits per heavy atom. The summed E-state index contributed by atoms with van der Waals surface area (Å²) in [5.41, 5.74) is 0.496. The second-order valence-corrected chi connectivity index (χ2v) is 9.16. The molecule has 1 atom stereocenters. The Morgan fingerprint density at radius 2 is 1.52 bits per heavy atom. The zero-order chi connectivity index (χ0) is 22.8. The molecule has 0 radical (unpaired) electrons. The maximum atomic E-state index is 12.9. The van der Waals surface area contributed by atoms with Crippen LogP contribution in [0.3, 0.4) is 0 Å². The van der Waals surface area contributed by atoms with Crippen LogP contribution in [0.4, 0.5) is 0 Å². The van der Waals surface area contributed by atoms with Gasteiger partial charge in [0.15, 0.2) is 0 Å². The van der Waals surface area contributed by atoms with Crippen LogP contribution in [0.25, 0.3) is 0 Å². The number of sulfone groups is 1. The fourth-order valence-corrected chi connectivity index (χ4v) is 3.78. The first-order chi connectivity index (χ1) is 14.6. The summed E-state index contributed by atoms with van der Waals surface area (Å²) < 4.78 is 33.2. The lowest BCUT2D eigenvalue weighted by atomic mass is 10.1. The number of fused-ring (bicyclic) bond motifs is 1. The predicted molar refractivity (Wildman–Crippen MR) is 108 cm³/mol. The van der Waals surface area contributed by atoms with Crippen LogP contribution >= 0.6 is 0 Å². The normalized spacial score (nSPS) is 14.2. The largest absolute Gasteiger partial charge is 0.465 e. The van der Waals surface area contributed by atoms with E-state index in [1.54, 1.807) is 12.1 Å². The lowest BCUT2D eigenvalue weighted by molar-refractivity contribution is -0.138. The number of methoxy groups -OCH3 is 1. The number of hydrogen-bond acceptors (Lipinski definition) is 8. The molecule has 1 aliphatic heterocycles. The van der Waals surface area contributed by atoms with Crippen LogP contribution in [0.2, 0.25) is 0 Å². The second kappa shape index (κ2) is 8.68. The lowest BCUT2D eigenvalue weighted by Crippen LogP contribution is -2.47. The van der Waals surface area contributed by atoms with Crippen molar-refractivity contribution in [3.05, 3.63) is 65.2 Å². The monoisotopic (exact) mass is 445 g/mol. The molecule has 1 aliphatic rings. The van der Waals surface area contributed by atoms with E-state index >= 15 is 0 Å². The molecule has 1 unspecified atom stereocenters. The third kappa shape index (κ3) is 4.80. The summed E-state index contributed by atoms with van der Waals surface area (Å²) in [5, 5.41) is 0.